The maximum absolute atomic E-state index is 6.12. The molecule has 3 N–H and O–H groups in total. The minimum atomic E-state index is 0.272. The normalized spacial score (nSPS) is 14.9. The third-order valence-electron chi connectivity index (χ3n) is 4.37. The summed E-state index contributed by atoms with van der Waals surface area (Å²) in [5.74, 6) is 1.03. The second kappa shape index (κ2) is 7.81. The van der Waals surface area contributed by atoms with Crippen molar-refractivity contribution in [1.82, 2.24) is 14.9 Å². The van der Waals surface area contributed by atoms with Crippen molar-refractivity contribution in [3.8, 4) is 11.3 Å². The molecule has 24 heavy (non-hydrogen) atoms. The molecule has 1 aliphatic rings. The summed E-state index contributed by atoms with van der Waals surface area (Å²) in [6, 6.07) is 7.71. The minimum Gasteiger partial charge on any atom is -0.370 e. The van der Waals surface area contributed by atoms with Gasteiger partial charge in [-0.15, -0.1) is 0 Å². The monoisotopic (exact) mass is 345 g/mol. The SMILES string of the molecule is Cc1ccc(Cl)cc1-c1cc(NCCCN2CCCC2)nc(N)n1. The first-order valence-electron chi connectivity index (χ1n) is 8.49. The molecular formula is C18H24ClN5. The van der Waals surface area contributed by atoms with Gasteiger partial charge in [0.05, 0.1) is 5.69 Å². The Morgan fingerprint density at radius 3 is 2.79 bits per heavy atom. The molecule has 0 radical (unpaired) electrons. The molecule has 0 aliphatic carbocycles. The van der Waals surface area contributed by atoms with Crippen LogP contribution in [0.4, 0.5) is 11.8 Å². The zero-order valence-corrected chi connectivity index (χ0v) is 14.8. The molecule has 2 aromatic rings. The summed E-state index contributed by atoms with van der Waals surface area (Å²) in [4.78, 5) is 11.2. The van der Waals surface area contributed by atoms with Gasteiger partial charge in [-0.2, -0.15) is 4.98 Å². The van der Waals surface area contributed by atoms with E-state index in [0.717, 1.165) is 42.1 Å². The number of anilines is 2. The van der Waals surface area contributed by atoms with Crippen LogP contribution >= 0.6 is 11.6 Å². The van der Waals surface area contributed by atoms with Crippen LogP contribution < -0.4 is 11.1 Å². The Hall–Kier alpha value is -1.85. The lowest BCUT2D eigenvalue weighted by Gasteiger charge is -2.15. The average molecular weight is 346 g/mol. The van der Waals surface area contributed by atoms with Crippen molar-refractivity contribution in [3.05, 3.63) is 34.9 Å². The van der Waals surface area contributed by atoms with E-state index >= 15 is 0 Å². The van der Waals surface area contributed by atoms with Crippen LogP contribution in [0.15, 0.2) is 24.3 Å². The topological polar surface area (TPSA) is 67.1 Å². The van der Waals surface area contributed by atoms with Gasteiger partial charge in [-0.3, -0.25) is 0 Å². The van der Waals surface area contributed by atoms with Crippen LogP contribution in [0.1, 0.15) is 24.8 Å². The maximum Gasteiger partial charge on any atom is 0.222 e. The van der Waals surface area contributed by atoms with Gasteiger partial charge >= 0.3 is 0 Å². The highest BCUT2D eigenvalue weighted by atomic mass is 35.5. The lowest BCUT2D eigenvalue weighted by molar-refractivity contribution is 0.337. The molecule has 0 spiro atoms. The molecule has 1 saturated heterocycles. The number of benzene rings is 1. The highest BCUT2D eigenvalue weighted by Crippen LogP contribution is 2.27. The summed E-state index contributed by atoms with van der Waals surface area (Å²) in [5, 5.41) is 4.05. The molecule has 1 aromatic heterocycles. The number of aromatic nitrogens is 2. The van der Waals surface area contributed by atoms with E-state index in [-0.39, 0.29) is 5.95 Å². The Morgan fingerprint density at radius 1 is 1.21 bits per heavy atom. The minimum absolute atomic E-state index is 0.272. The number of hydrogen-bond donors (Lipinski definition) is 2. The molecule has 1 aromatic carbocycles. The summed E-state index contributed by atoms with van der Waals surface area (Å²) < 4.78 is 0. The van der Waals surface area contributed by atoms with E-state index in [0.29, 0.717) is 5.02 Å². The van der Waals surface area contributed by atoms with Gasteiger partial charge in [0.15, 0.2) is 0 Å². The smallest absolute Gasteiger partial charge is 0.222 e. The molecule has 128 valence electrons. The van der Waals surface area contributed by atoms with Gasteiger partial charge < -0.3 is 16.0 Å². The van der Waals surface area contributed by atoms with Crippen molar-refractivity contribution in [1.29, 1.82) is 0 Å². The van der Waals surface area contributed by atoms with Crippen LogP contribution in [0.25, 0.3) is 11.3 Å². The quantitative estimate of drug-likeness (QED) is 0.783. The average Bonchev–Trinajstić information content (AvgIpc) is 3.07. The van der Waals surface area contributed by atoms with E-state index in [1.807, 2.05) is 31.2 Å². The fourth-order valence-electron chi connectivity index (χ4n) is 3.09. The zero-order valence-electron chi connectivity index (χ0n) is 14.1. The largest absolute Gasteiger partial charge is 0.370 e. The standard InChI is InChI=1S/C18H24ClN5/c1-13-5-6-14(19)11-15(13)16-12-17(23-18(20)22-16)21-7-4-10-24-8-2-3-9-24/h5-6,11-12H,2-4,7-10H2,1H3,(H3,20,21,22,23). The number of nitrogens with one attached hydrogen (secondary N) is 1. The fraction of sp³-hybridized carbons (Fsp3) is 0.444. The molecule has 0 bridgehead atoms. The number of likely N-dealkylation sites (tertiary alicyclic amines) is 1. The highest BCUT2D eigenvalue weighted by Gasteiger charge is 2.11. The van der Waals surface area contributed by atoms with Crippen molar-refractivity contribution in [2.24, 2.45) is 0 Å². The maximum atomic E-state index is 6.12. The predicted octanol–water partition coefficient (Wildman–Crippen LogP) is 3.59. The van der Waals surface area contributed by atoms with Crippen molar-refractivity contribution in [3.63, 3.8) is 0 Å². The summed E-state index contributed by atoms with van der Waals surface area (Å²) >= 11 is 6.12. The summed E-state index contributed by atoms with van der Waals surface area (Å²) in [6.07, 6.45) is 3.76. The number of halogens is 1. The fourth-order valence-corrected chi connectivity index (χ4v) is 3.26. The first-order valence-corrected chi connectivity index (χ1v) is 8.87. The molecule has 5 nitrogen and oxygen atoms in total. The van der Waals surface area contributed by atoms with Crippen LogP contribution in [-0.2, 0) is 0 Å². The van der Waals surface area contributed by atoms with Gasteiger partial charge in [-0.05, 0) is 63.5 Å². The highest BCUT2D eigenvalue weighted by molar-refractivity contribution is 6.30. The Balaban J connectivity index is 1.66. The van der Waals surface area contributed by atoms with Crippen molar-refractivity contribution < 1.29 is 0 Å². The zero-order chi connectivity index (χ0) is 16.9. The van der Waals surface area contributed by atoms with Crippen LogP contribution in [0.3, 0.4) is 0 Å². The van der Waals surface area contributed by atoms with E-state index in [2.05, 4.69) is 20.2 Å². The molecule has 1 fully saturated rings. The van der Waals surface area contributed by atoms with E-state index in [4.69, 9.17) is 17.3 Å². The Morgan fingerprint density at radius 2 is 2.00 bits per heavy atom. The third-order valence-corrected chi connectivity index (χ3v) is 4.61. The molecule has 0 amide bonds. The number of aryl methyl sites for hydroxylation is 1. The van der Waals surface area contributed by atoms with Gasteiger partial charge in [0.1, 0.15) is 5.82 Å². The van der Waals surface area contributed by atoms with Crippen LogP contribution in [0.5, 0.6) is 0 Å². The lowest BCUT2D eigenvalue weighted by Crippen LogP contribution is -2.22. The van der Waals surface area contributed by atoms with Gasteiger partial charge in [0.25, 0.3) is 0 Å². The first-order chi connectivity index (χ1) is 11.6. The van der Waals surface area contributed by atoms with Crippen molar-refractivity contribution in [2.75, 3.05) is 37.2 Å². The molecule has 0 saturated carbocycles. The third kappa shape index (κ3) is 4.36. The van der Waals surface area contributed by atoms with Gasteiger partial charge in [-0.25, -0.2) is 4.98 Å². The second-order valence-corrected chi connectivity index (χ2v) is 6.72. The van der Waals surface area contributed by atoms with Crippen LogP contribution in [-0.4, -0.2) is 41.0 Å². The molecule has 0 atom stereocenters. The van der Waals surface area contributed by atoms with Crippen LogP contribution in [0, 0.1) is 6.92 Å². The molecule has 3 rings (SSSR count). The summed E-state index contributed by atoms with van der Waals surface area (Å²) in [7, 11) is 0. The molecule has 0 unspecified atom stereocenters. The number of nitrogens with two attached hydrogens (primary N) is 1. The number of rotatable bonds is 6. The number of hydrogen-bond acceptors (Lipinski definition) is 5. The van der Waals surface area contributed by atoms with Gasteiger partial charge in [0, 0.05) is 23.2 Å². The first kappa shape index (κ1) is 17.0. The number of nitrogen functional groups attached to an aromatic ring is 1. The van der Waals surface area contributed by atoms with Crippen molar-refractivity contribution in [2.45, 2.75) is 26.2 Å². The summed E-state index contributed by atoms with van der Waals surface area (Å²) in [6.45, 7) is 6.51. The van der Waals surface area contributed by atoms with E-state index < -0.39 is 0 Å². The molecule has 1 aliphatic heterocycles. The van der Waals surface area contributed by atoms with E-state index in [1.54, 1.807) is 0 Å². The lowest BCUT2D eigenvalue weighted by atomic mass is 10.1. The Bertz CT molecular complexity index is 698. The summed E-state index contributed by atoms with van der Waals surface area (Å²) in [5.41, 5.74) is 8.77. The van der Waals surface area contributed by atoms with Crippen LogP contribution in [0.2, 0.25) is 5.02 Å². The van der Waals surface area contributed by atoms with E-state index in [9.17, 15) is 0 Å². The van der Waals surface area contributed by atoms with Crippen molar-refractivity contribution >= 4 is 23.4 Å². The number of nitrogens with zero attached hydrogens (tertiary/aromatic N) is 3. The Kier molecular flexibility index (Phi) is 5.53. The van der Waals surface area contributed by atoms with Gasteiger partial charge in [0.2, 0.25) is 5.95 Å². The predicted molar refractivity (Wildman–Crippen MR) is 100 cm³/mol. The van der Waals surface area contributed by atoms with E-state index in [1.165, 1.54) is 25.9 Å². The van der Waals surface area contributed by atoms with Gasteiger partial charge in [-0.1, -0.05) is 17.7 Å². The molecule has 2 heterocycles. The Labute approximate surface area is 148 Å². The second-order valence-electron chi connectivity index (χ2n) is 6.28. The molecular weight excluding hydrogens is 322 g/mol. The molecule has 6 heteroatoms.